The molecule has 0 aromatic heterocycles. The zero-order chi connectivity index (χ0) is 42.4. The molecule has 2 amide bonds. The van der Waals surface area contributed by atoms with Crippen molar-refractivity contribution < 1.29 is 28.5 Å². The van der Waals surface area contributed by atoms with Crippen LogP contribution in [0.4, 0.5) is 0 Å². The molecule has 60 heavy (non-hydrogen) atoms. The van der Waals surface area contributed by atoms with Crippen LogP contribution in [-0.4, -0.2) is 61.1 Å². The molecule has 320 valence electrons. The van der Waals surface area contributed by atoms with Crippen molar-refractivity contribution in [2.24, 2.45) is 0 Å². The lowest BCUT2D eigenvalue weighted by atomic mass is 9.87. The van der Waals surface area contributed by atoms with E-state index in [4.69, 9.17) is 42.1 Å². The lowest BCUT2D eigenvalue weighted by Gasteiger charge is -2.21. The molecule has 2 saturated heterocycles. The molecule has 0 N–H and O–H groups in total. The molecule has 10 heteroatoms. The fourth-order valence-corrected chi connectivity index (χ4v) is 9.26. The van der Waals surface area contributed by atoms with E-state index in [1.54, 1.807) is 20.3 Å². The van der Waals surface area contributed by atoms with Crippen LogP contribution in [0, 0.1) is 0 Å². The van der Waals surface area contributed by atoms with Crippen LogP contribution in [0.5, 0.6) is 23.0 Å². The van der Waals surface area contributed by atoms with Gasteiger partial charge in [0.15, 0.2) is 23.0 Å². The van der Waals surface area contributed by atoms with Gasteiger partial charge < -0.3 is 28.7 Å². The molecule has 0 radical (unpaired) electrons. The van der Waals surface area contributed by atoms with Crippen LogP contribution in [0.1, 0.15) is 125 Å². The highest BCUT2D eigenvalue weighted by Gasteiger charge is 2.33. The van der Waals surface area contributed by atoms with E-state index in [9.17, 15) is 9.59 Å². The van der Waals surface area contributed by atoms with Crippen molar-refractivity contribution in [1.29, 1.82) is 0 Å². The van der Waals surface area contributed by atoms with E-state index < -0.39 is 0 Å². The van der Waals surface area contributed by atoms with Gasteiger partial charge in [-0.25, -0.2) is 0 Å². The summed E-state index contributed by atoms with van der Waals surface area (Å²) in [4.78, 5) is 29.2. The summed E-state index contributed by atoms with van der Waals surface area (Å²) in [6.45, 7) is 9.28. The molecule has 2 atom stereocenters. The second-order valence-electron chi connectivity index (χ2n) is 17.9. The highest BCUT2D eigenvalue weighted by atomic mass is 35.5. The van der Waals surface area contributed by atoms with Crippen molar-refractivity contribution in [3.63, 3.8) is 0 Å². The van der Waals surface area contributed by atoms with E-state index in [-0.39, 0.29) is 41.3 Å². The fraction of sp³-hybridized carbons (Fsp3) is 0.480. The summed E-state index contributed by atoms with van der Waals surface area (Å²) in [5.41, 5.74) is 5.89. The maximum Gasteiger partial charge on any atom is 0.223 e. The molecular weight excluding hydrogens is 795 g/mol. The summed E-state index contributed by atoms with van der Waals surface area (Å²) >= 11 is 12.1. The molecule has 8 nitrogen and oxygen atoms in total. The van der Waals surface area contributed by atoms with Crippen LogP contribution in [0.2, 0.25) is 10.0 Å². The molecule has 4 aromatic carbocycles. The first-order valence-corrected chi connectivity index (χ1v) is 22.4. The third-order valence-corrected chi connectivity index (χ3v) is 13.2. The van der Waals surface area contributed by atoms with Crippen LogP contribution < -0.4 is 18.9 Å². The minimum absolute atomic E-state index is 0.139. The number of rotatable bonds is 12. The van der Waals surface area contributed by atoms with Gasteiger partial charge >= 0.3 is 0 Å². The third-order valence-electron chi connectivity index (χ3n) is 12.5. The molecule has 2 heterocycles. The zero-order valence-electron chi connectivity index (χ0n) is 35.8. The first-order valence-electron chi connectivity index (χ1n) is 21.6. The normalized spacial score (nSPS) is 19.8. The van der Waals surface area contributed by atoms with Crippen molar-refractivity contribution in [2.45, 2.75) is 128 Å². The predicted octanol–water partition coefficient (Wildman–Crippen LogP) is 11.7. The van der Waals surface area contributed by atoms with Gasteiger partial charge in [-0.1, -0.05) is 86.4 Å². The van der Waals surface area contributed by atoms with Crippen LogP contribution >= 0.6 is 23.2 Å². The van der Waals surface area contributed by atoms with E-state index in [0.717, 1.165) is 71.9 Å². The molecule has 2 saturated carbocycles. The topological polar surface area (TPSA) is 77.5 Å². The van der Waals surface area contributed by atoms with Crippen molar-refractivity contribution >= 4 is 35.0 Å². The number of amides is 2. The van der Waals surface area contributed by atoms with Gasteiger partial charge in [-0.05, 0) is 121 Å². The highest BCUT2D eigenvalue weighted by molar-refractivity contribution is 6.42. The van der Waals surface area contributed by atoms with Gasteiger partial charge in [0.25, 0.3) is 0 Å². The monoisotopic (exact) mass is 854 g/mol. The number of halogens is 2. The third kappa shape index (κ3) is 10.9. The van der Waals surface area contributed by atoms with Gasteiger partial charge in [0.05, 0.1) is 36.5 Å². The molecule has 2 aliphatic carbocycles. The van der Waals surface area contributed by atoms with Crippen LogP contribution in [0.25, 0.3) is 0 Å². The first kappa shape index (κ1) is 43.7. The quantitative estimate of drug-likeness (QED) is 0.141. The summed E-state index contributed by atoms with van der Waals surface area (Å²) in [5.74, 6) is 3.82. The number of benzene rings is 4. The molecule has 2 aliphatic heterocycles. The van der Waals surface area contributed by atoms with Gasteiger partial charge in [0.2, 0.25) is 11.8 Å². The average molecular weight is 856 g/mol. The Kier molecular flexibility index (Phi) is 14.2. The first-order chi connectivity index (χ1) is 28.9. The van der Waals surface area contributed by atoms with Gasteiger partial charge in [0.1, 0.15) is 0 Å². The second-order valence-corrected chi connectivity index (χ2v) is 18.7. The molecule has 0 spiro atoms. The largest absolute Gasteiger partial charge is 0.493 e. The number of hydrogen-bond acceptors (Lipinski definition) is 6. The molecule has 4 aromatic rings. The maximum atomic E-state index is 12.7. The van der Waals surface area contributed by atoms with Crippen molar-refractivity contribution in [3.05, 3.63) is 117 Å². The number of ether oxygens (including phenoxy) is 4. The lowest BCUT2D eigenvalue weighted by molar-refractivity contribution is -0.129. The van der Waals surface area contributed by atoms with Crippen molar-refractivity contribution in [2.75, 3.05) is 27.3 Å². The second kappa shape index (κ2) is 19.5. The Morgan fingerprint density at radius 1 is 0.567 bits per heavy atom. The molecule has 8 rings (SSSR count). The van der Waals surface area contributed by atoms with E-state index in [1.807, 2.05) is 40.1 Å². The lowest BCUT2D eigenvalue weighted by Crippen LogP contribution is -2.24. The molecule has 0 bridgehead atoms. The van der Waals surface area contributed by atoms with Gasteiger partial charge in [-0.3, -0.25) is 9.59 Å². The molecule has 4 aliphatic rings. The summed E-state index contributed by atoms with van der Waals surface area (Å²) in [6, 6.07) is 26.4. The maximum absolute atomic E-state index is 12.7. The van der Waals surface area contributed by atoms with E-state index >= 15 is 0 Å². The fourth-order valence-electron chi connectivity index (χ4n) is 8.94. The summed E-state index contributed by atoms with van der Waals surface area (Å²) < 4.78 is 23.5. The van der Waals surface area contributed by atoms with E-state index in [1.165, 1.54) is 36.8 Å². The highest BCUT2D eigenvalue weighted by Crippen LogP contribution is 2.39. The van der Waals surface area contributed by atoms with Crippen LogP contribution in [0.3, 0.4) is 0 Å². The molecule has 0 unspecified atom stereocenters. The zero-order valence-corrected chi connectivity index (χ0v) is 37.3. The van der Waals surface area contributed by atoms with Gasteiger partial charge in [-0.15, -0.1) is 0 Å². The summed E-state index contributed by atoms with van der Waals surface area (Å²) in [7, 11) is 3.34. The summed E-state index contributed by atoms with van der Waals surface area (Å²) in [6.07, 6.45) is 10.9. The summed E-state index contributed by atoms with van der Waals surface area (Å²) in [5, 5.41) is 1.03. The Bertz CT molecular complexity index is 2100. The standard InChI is InChI=1S/C27H35NO3.C23H25Cl2NO3/c1-27(2,3)22-12-9-19(10-13-22)17-28-18-21(16-26(28)29)20-11-14-24(30-4)25(15-20)31-23-7-5-6-8-23;1-28-21-9-7-16(11-22(21)29-18-4-2-3-5-18)17-12-23(27)26(14-17)13-15-6-8-19(24)20(25)10-15/h9-15,21,23H,5-8,16-18H2,1-4H3;6-11,17-18H,2-5,12-14H2,1H3/t21-;17-/m11/s1. The van der Waals surface area contributed by atoms with E-state index in [0.29, 0.717) is 42.5 Å². The minimum atomic E-state index is 0.139. The molecular formula is C50H60Cl2N2O6. The Morgan fingerprint density at radius 2 is 1.02 bits per heavy atom. The van der Waals surface area contributed by atoms with E-state index in [2.05, 4.69) is 63.2 Å². The number of carbonyl (C=O) groups excluding carboxylic acids is 2. The number of methoxy groups -OCH3 is 2. The number of nitrogens with zero attached hydrogens (tertiary/aromatic N) is 2. The van der Waals surface area contributed by atoms with Crippen LogP contribution in [-0.2, 0) is 28.1 Å². The Balaban J connectivity index is 0.000000182. The minimum Gasteiger partial charge on any atom is -0.493 e. The Labute approximate surface area is 366 Å². The Hall–Kier alpha value is -4.40. The smallest absolute Gasteiger partial charge is 0.223 e. The SMILES string of the molecule is COc1ccc([C@@H]2CC(=O)N(Cc3ccc(C(C)(C)C)cc3)C2)cc1OC1CCCC1.COc1ccc([C@@H]2CC(=O)N(Cc3ccc(Cl)c(Cl)c3)C2)cc1OC1CCCC1. The van der Waals surface area contributed by atoms with Gasteiger partial charge in [-0.2, -0.15) is 0 Å². The van der Waals surface area contributed by atoms with Gasteiger partial charge in [0, 0.05) is 50.9 Å². The molecule has 4 fully saturated rings. The number of likely N-dealkylation sites (tertiary alicyclic amines) is 2. The average Bonchev–Trinajstić information content (AvgIpc) is 4.07. The van der Waals surface area contributed by atoms with Crippen molar-refractivity contribution in [1.82, 2.24) is 9.80 Å². The number of hydrogen-bond donors (Lipinski definition) is 0. The van der Waals surface area contributed by atoms with Crippen LogP contribution in [0.15, 0.2) is 78.9 Å². The number of carbonyl (C=O) groups is 2. The van der Waals surface area contributed by atoms with Crippen molar-refractivity contribution in [3.8, 4) is 23.0 Å². The predicted molar refractivity (Wildman–Crippen MR) is 239 cm³/mol. The Morgan fingerprint density at radius 3 is 1.45 bits per heavy atom.